The van der Waals surface area contributed by atoms with E-state index in [1.165, 1.54) is 6.07 Å². The number of nitrogens with zero attached hydrogens (tertiary/aromatic N) is 1. The molecule has 1 unspecified atom stereocenters. The molecule has 0 aliphatic carbocycles. The SMILES string of the molecule is CCC1C(=O)NCCN1c1cc(Cl)ccc1C(=O)O. The third-order valence-electron chi connectivity index (χ3n) is 3.22. The van der Waals surface area contributed by atoms with Gasteiger partial charge in [-0.2, -0.15) is 0 Å². The first-order chi connectivity index (χ1) is 9.04. The van der Waals surface area contributed by atoms with Crippen molar-refractivity contribution in [1.82, 2.24) is 5.32 Å². The lowest BCUT2D eigenvalue weighted by molar-refractivity contribution is -0.123. The van der Waals surface area contributed by atoms with Gasteiger partial charge in [-0.1, -0.05) is 18.5 Å². The Bertz CT molecular complexity index is 519. The number of hydrogen-bond donors (Lipinski definition) is 2. The van der Waals surface area contributed by atoms with Gasteiger partial charge in [-0.15, -0.1) is 0 Å². The minimum atomic E-state index is -1.02. The summed E-state index contributed by atoms with van der Waals surface area (Å²) in [6.07, 6.45) is 0.609. The number of benzene rings is 1. The molecule has 0 radical (unpaired) electrons. The maximum absolute atomic E-state index is 11.8. The quantitative estimate of drug-likeness (QED) is 0.886. The average Bonchev–Trinajstić information content (AvgIpc) is 2.37. The van der Waals surface area contributed by atoms with Gasteiger partial charge >= 0.3 is 5.97 Å². The molecule has 1 aliphatic heterocycles. The number of nitrogens with one attached hydrogen (secondary N) is 1. The van der Waals surface area contributed by atoms with Crippen LogP contribution in [0.25, 0.3) is 0 Å². The van der Waals surface area contributed by atoms with Crippen molar-refractivity contribution in [2.24, 2.45) is 0 Å². The van der Waals surface area contributed by atoms with Crippen molar-refractivity contribution in [1.29, 1.82) is 0 Å². The van der Waals surface area contributed by atoms with E-state index in [1.807, 2.05) is 11.8 Å². The predicted molar refractivity (Wildman–Crippen MR) is 72.8 cm³/mol. The van der Waals surface area contributed by atoms with Gasteiger partial charge in [0.1, 0.15) is 6.04 Å². The van der Waals surface area contributed by atoms with E-state index in [9.17, 15) is 14.7 Å². The number of carbonyl (C=O) groups is 2. The summed E-state index contributed by atoms with van der Waals surface area (Å²) in [5.41, 5.74) is 0.666. The largest absolute Gasteiger partial charge is 0.478 e. The summed E-state index contributed by atoms with van der Waals surface area (Å²) in [7, 11) is 0. The van der Waals surface area contributed by atoms with Gasteiger partial charge in [0.2, 0.25) is 5.91 Å². The Morgan fingerprint density at radius 3 is 2.95 bits per heavy atom. The predicted octanol–water partition coefficient (Wildman–Crippen LogP) is 1.75. The third-order valence-corrected chi connectivity index (χ3v) is 3.45. The second-order valence-electron chi connectivity index (χ2n) is 4.38. The molecule has 1 aromatic carbocycles. The maximum atomic E-state index is 11.8. The standard InChI is InChI=1S/C13H15ClN2O3/c1-2-10-12(17)15-5-6-16(10)11-7-8(14)3-4-9(11)13(18)19/h3-4,7,10H,2,5-6H2,1H3,(H,15,17)(H,18,19). The van der Waals surface area contributed by atoms with Crippen LogP contribution in [0.1, 0.15) is 23.7 Å². The second-order valence-corrected chi connectivity index (χ2v) is 4.81. The number of rotatable bonds is 3. The fraction of sp³-hybridized carbons (Fsp3) is 0.385. The van der Waals surface area contributed by atoms with E-state index in [2.05, 4.69) is 5.32 Å². The summed E-state index contributed by atoms with van der Waals surface area (Å²) in [5, 5.41) is 12.5. The average molecular weight is 283 g/mol. The number of carbonyl (C=O) groups excluding carboxylic acids is 1. The zero-order valence-corrected chi connectivity index (χ0v) is 11.3. The van der Waals surface area contributed by atoms with E-state index in [0.717, 1.165) is 0 Å². The summed E-state index contributed by atoms with van der Waals surface area (Å²) in [6, 6.07) is 4.26. The number of amides is 1. The summed E-state index contributed by atoms with van der Waals surface area (Å²) < 4.78 is 0. The molecular formula is C13H15ClN2O3. The van der Waals surface area contributed by atoms with Crippen LogP contribution >= 0.6 is 11.6 Å². The van der Waals surface area contributed by atoms with Gasteiger partial charge in [0.05, 0.1) is 11.3 Å². The summed E-state index contributed by atoms with van der Waals surface area (Å²) in [5.74, 6) is -1.10. The first-order valence-electron chi connectivity index (χ1n) is 6.11. The number of anilines is 1. The first kappa shape index (κ1) is 13.7. The minimum absolute atomic E-state index is 0.0786. The Kier molecular flexibility index (Phi) is 3.95. The molecule has 0 bridgehead atoms. The van der Waals surface area contributed by atoms with Crippen LogP contribution in [-0.4, -0.2) is 36.1 Å². The normalized spacial score (nSPS) is 19.2. The number of piperazine rings is 1. The highest BCUT2D eigenvalue weighted by Crippen LogP contribution is 2.28. The molecule has 6 heteroatoms. The molecule has 1 saturated heterocycles. The lowest BCUT2D eigenvalue weighted by atomic mass is 10.1. The summed E-state index contributed by atoms with van der Waals surface area (Å²) >= 11 is 5.95. The molecule has 2 rings (SSSR count). The van der Waals surface area contributed by atoms with Gasteiger partial charge in [-0.25, -0.2) is 4.79 Å². The molecule has 0 aromatic heterocycles. The fourth-order valence-corrected chi connectivity index (χ4v) is 2.50. The Balaban J connectivity index is 2.46. The molecule has 5 nitrogen and oxygen atoms in total. The molecule has 102 valence electrons. The number of halogens is 1. The molecule has 19 heavy (non-hydrogen) atoms. The molecule has 0 spiro atoms. The smallest absolute Gasteiger partial charge is 0.337 e. The topological polar surface area (TPSA) is 69.6 Å². The lowest BCUT2D eigenvalue weighted by Gasteiger charge is -2.37. The molecule has 1 amide bonds. The highest BCUT2D eigenvalue weighted by atomic mass is 35.5. The van der Waals surface area contributed by atoms with Crippen LogP contribution in [0, 0.1) is 0 Å². The van der Waals surface area contributed by atoms with Gasteiger partial charge in [0, 0.05) is 18.1 Å². The molecule has 1 aliphatic rings. The van der Waals surface area contributed by atoms with Crippen molar-refractivity contribution in [2.45, 2.75) is 19.4 Å². The van der Waals surface area contributed by atoms with E-state index >= 15 is 0 Å². The molecule has 0 saturated carbocycles. The van der Waals surface area contributed by atoms with Crippen LogP contribution in [0.2, 0.25) is 5.02 Å². The van der Waals surface area contributed by atoms with Gasteiger partial charge in [-0.3, -0.25) is 4.79 Å². The number of carboxylic acids is 1. The van der Waals surface area contributed by atoms with Crippen molar-refractivity contribution >= 4 is 29.2 Å². The van der Waals surface area contributed by atoms with Crippen molar-refractivity contribution in [3.05, 3.63) is 28.8 Å². The Morgan fingerprint density at radius 2 is 2.32 bits per heavy atom. The monoisotopic (exact) mass is 282 g/mol. The Hall–Kier alpha value is -1.75. The zero-order chi connectivity index (χ0) is 14.0. The molecular weight excluding hydrogens is 268 g/mol. The van der Waals surface area contributed by atoms with Gasteiger partial charge < -0.3 is 15.3 Å². The third kappa shape index (κ3) is 2.66. The summed E-state index contributed by atoms with van der Waals surface area (Å²) in [6.45, 7) is 2.97. The van der Waals surface area contributed by atoms with E-state index in [-0.39, 0.29) is 17.5 Å². The van der Waals surface area contributed by atoms with Crippen LogP contribution in [-0.2, 0) is 4.79 Å². The van der Waals surface area contributed by atoms with Crippen LogP contribution in [0.4, 0.5) is 5.69 Å². The van der Waals surface area contributed by atoms with Crippen molar-refractivity contribution in [2.75, 3.05) is 18.0 Å². The van der Waals surface area contributed by atoms with E-state index in [4.69, 9.17) is 11.6 Å². The van der Waals surface area contributed by atoms with E-state index < -0.39 is 5.97 Å². The number of carboxylic acid groups (broad SMARTS) is 1. The van der Waals surface area contributed by atoms with Crippen molar-refractivity contribution in [3.63, 3.8) is 0 Å². The Morgan fingerprint density at radius 1 is 1.58 bits per heavy atom. The zero-order valence-electron chi connectivity index (χ0n) is 10.5. The van der Waals surface area contributed by atoms with E-state index in [0.29, 0.717) is 30.2 Å². The number of aromatic carboxylic acids is 1. The van der Waals surface area contributed by atoms with Crippen molar-refractivity contribution < 1.29 is 14.7 Å². The van der Waals surface area contributed by atoms with Crippen LogP contribution < -0.4 is 10.2 Å². The van der Waals surface area contributed by atoms with Crippen LogP contribution in [0.15, 0.2) is 18.2 Å². The number of hydrogen-bond acceptors (Lipinski definition) is 3. The highest BCUT2D eigenvalue weighted by molar-refractivity contribution is 6.31. The van der Waals surface area contributed by atoms with Gasteiger partial charge in [0.15, 0.2) is 0 Å². The first-order valence-corrected chi connectivity index (χ1v) is 6.49. The van der Waals surface area contributed by atoms with Gasteiger partial charge in [0.25, 0.3) is 0 Å². The molecule has 1 fully saturated rings. The minimum Gasteiger partial charge on any atom is -0.478 e. The maximum Gasteiger partial charge on any atom is 0.337 e. The molecule has 2 N–H and O–H groups in total. The fourth-order valence-electron chi connectivity index (χ4n) is 2.33. The second kappa shape index (κ2) is 5.48. The summed E-state index contributed by atoms with van der Waals surface area (Å²) in [4.78, 5) is 24.9. The Labute approximate surface area is 116 Å². The molecule has 1 heterocycles. The van der Waals surface area contributed by atoms with Gasteiger partial charge in [-0.05, 0) is 24.6 Å². The lowest BCUT2D eigenvalue weighted by Crippen LogP contribution is -2.55. The highest BCUT2D eigenvalue weighted by Gasteiger charge is 2.30. The van der Waals surface area contributed by atoms with Crippen molar-refractivity contribution in [3.8, 4) is 0 Å². The molecule has 1 aromatic rings. The molecule has 1 atom stereocenters. The van der Waals surface area contributed by atoms with Crippen LogP contribution in [0.3, 0.4) is 0 Å². The van der Waals surface area contributed by atoms with Crippen LogP contribution in [0.5, 0.6) is 0 Å². The van der Waals surface area contributed by atoms with E-state index in [1.54, 1.807) is 12.1 Å².